The van der Waals surface area contributed by atoms with Crippen LogP contribution in [0, 0.1) is 0 Å². The van der Waals surface area contributed by atoms with Crippen LogP contribution in [0.3, 0.4) is 0 Å². The van der Waals surface area contributed by atoms with Gasteiger partial charge in [0.1, 0.15) is 5.54 Å². The van der Waals surface area contributed by atoms with Crippen molar-refractivity contribution >= 4 is 11.9 Å². The average molecular weight is 280 g/mol. The molecule has 0 aromatic carbocycles. The highest BCUT2D eigenvalue weighted by atomic mass is 19.4. The monoisotopic (exact) mass is 280 g/mol. The number of carbonyl (C=O) groups is 2. The highest BCUT2D eigenvalue weighted by Crippen LogP contribution is 2.42. The minimum absolute atomic E-state index is 0.0184. The Morgan fingerprint density at radius 1 is 1.05 bits per heavy atom. The second-order valence-corrected chi connectivity index (χ2v) is 4.97. The van der Waals surface area contributed by atoms with Crippen molar-refractivity contribution in [2.45, 2.75) is 31.0 Å². The molecule has 1 amide bonds. The molecule has 2 aliphatic rings. The molecule has 2 fully saturated rings. The lowest BCUT2D eigenvalue weighted by atomic mass is 10.2. The van der Waals surface area contributed by atoms with Crippen LogP contribution < -0.4 is 0 Å². The highest BCUT2D eigenvalue weighted by Gasteiger charge is 2.55. The zero-order valence-corrected chi connectivity index (χ0v) is 10.2. The summed E-state index contributed by atoms with van der Waals surface area (Å²) in [6.45, 7) is 0.528. The molecule has 0 aromatic heterocycles. The fourth-order valence-corrected chi connectivity index (χ4v) is 2.51. The number of carboxylic acids is 1. The van der Waals surface area contributed by atoms with Crippen LogP contribution in [0.2, 0.25) is 0 Å². The van der Waals surface area contributed by atoms with E-state index in [2.05, 4.69) is 0 Å². The molecule has 5 nitrogen and oxygen atoms in total. The van der Waals surface area contributed by atoms with Gasteiger partial charge < -0.3 is 10.0 Å². The van der Waals surface area contributed by atoms with Crippen LogP contribution in [0.25, 0.3) is 0 Å². The third kappa shape index (κ3) is 2.68. The quantitative estimate of drug-likeness (QED) is 0.809. The Labute approximate surface area is 108 Å². The fraction of sp³-hybridized carbons (Fsp3) is 0.818. The van der Waals surface area contributed by atoms with Gasteiger partial charge in [-0.1, -0.05) is 0 Å². The van der Waals surface area contributed by atoms with E-state index in [1.165, 1.54) is 0 Å². The molecule has 0 atom stereocenters. The Hall–Kier alpha value is -1.31. The summed E-state index contributed by atoms with van der Waals surface area (Å²) in [4.78, 5) is 24.8. The molecular formula is C11H15F3N2O3. The number of hydrogen-bond acceptors (Lipinski definition) is 3. The molecule has 1 saturated carbocycles. The van der Waals surface area contributed by atoms with E-state index in [1.807, 2.05) is 0 Å². The number of rotatable bonds is 2. The molecule has 8 heteroatoms. The van der Waals surface area contributed by atoms with E-state index in [1.54, 1.807) is 4.90 Å². The first-order chi connectivity index (χ1) is 8.77. The number of amides is 1. The van der Waals surface area contributed by atoms with Crippen LogP contribution in [0.5, 0.6) is 0 Å². The van der Waals surface area contributed by atoms with Gasteiger partial charge in [0, 0.05) is 26.2 Å². The maximum atomic E-state index is 12.3. The lowest BCUT2D eigenvalue weighted by molar-refractivity contribution is -0.185. The van der Waals surface area contributed by atoms with Gasteiger partial charge in [-0.25, -0.2) is 0 Å². The first-order valence-electron chi connectivity index (χ1n) is 6.12. The maximum Gasteiger partial charge on any atom is 0.471 e. The van der Waals surface area contributed by atoms with Gasteiger partial charge in [-0.15, -0.1) is 0 Å². The summed E-state index contributed by atoms with van der Waals surface area (Å²) >= 11 is 0. The zero-order valence-electron chi connectivity index (χ0n) is 10.2. The summed E-state index contributed by atoms with van der Waals surface area (Å²) < 4.78 is 37.0. The van der Waals surface area contributed by atoms with Crippen LogP contribution in [0.4, 0.5) is 13.2 Å². The van der Waals surface area contributed by atoms with Gasteiger partial charge in [-0.2, -0.15) is 13.2 Å². The van der Waals surface area contributed by atoms with Crippen molar-refractivity contribution in [1.82, 2.24) is 9.80 Å². The Kier molecular flexibility index (Phi) is 3.46. The minimum atomic E-state index is -4.86. The molecule has 0 unspecified atom stereocenters. The molecule has 108 valence electrons. The maximum absolute atomic E-state index is 12.3. The van der Waals surface area contributed by atoms with Crippen LogP contribution in [-0.4, -0.2) is 64.7 Å². The average Bonchev–Trinajstić information content (AvgIpc) is 3.11. The van der Waals surface area contributed by atoms with Gasteiger partial charge in [-0.05, 0) is 19.3 Å². The Balaban J connectivity index is 2.00. The molecule has 19 heavy (non-hydrogen) atoms. The molecule has 1 heterocycles. The van der Waals surface area contributed by atoms with E-state index < -0.39 is 23.6 Å². The van der Waals surface area contributed by atoms with Crippen molar-refractivity contribution in [1.29, 1.82) is 0 Å². The zero-order chi connectivity index (χ0) is 14.3. The van der Waals surface area contributed by atoms with Gasteiger partial charge in [0.05, 0.1) is 0 Å². The number of alkyl halides is 3. The summed E-state index contributed by atoms with van der Waals surface area (Å²) in [6, 6.07) is 0. The summed E-state index contributed by atoms with van der Waals surface area (Å²) in [7, 11) is 0. The van der Waals surface area contributed by atoms with Gasteiger partial charge in [0.25, 0.3) is 0 Å². The van der Waals surface area contributed by atoms with Crippen molar-refractivity contribution in [3.05, 3.63) is 0 Å². The van der Waals surface area contributed by atoms with E-state index >= 15 is 0 Å². The van der Waals surface area contributed by atoms with Crippen molar-refractivity contribution in [3.63, 3.8) is 0 Å². The lowest BCUT2D eigenvalue weighted by Gasteiger charge is -2.27. The SMILES string of the molecule is O=C(N1CCCN(C2(C(=O)O)CC2)CC1)C(F)(F)F. The van der Waals surface area contributed by atoms with E-state index in [0.29, 0.717) is 25.8 Å². The van der Waals surface area contributed by atoms with Gasteiger partial charge in [0.15, 0.2) is 0 Å². The van der Waals surface area contributed by atoms with E-state index in [-0.39, 0.29) is 19.6 Å². The molecule has 0 aromatic rings. The summed E-state index contributed by atoms with van der Waals surface area (Å²) in [5.41, 5.74) is -0.905. The van der Waals surface area contributed by atoms with Crippen molar-refractivity contribution in [2.24, 2.45) is 0 Å². The topological polar surface area (TPSA) is 60.9 Å². The second kappa shape index (κ2) is 4.66. The molecule has 0 radical (unpaired) electrons. The Morgan fingerprint density at radius 3 is 2.16 bits per heavy atom. The molecule has 1 aliphatic carbocycles. The fourth-order valence-electron chi connectivity index (χ4n) is 2.51. The molecule has 2 rings (SSSR count). The van der Waals surface area contributed by atoms with E-state index in [9.17, 15) is 22.8 Å². The molecule has 1 saturated heterocycles. The normalized spacial score (nSPS) is 23.8. The molecule has 1 N–H and O–H groups in total. The molecular weight excluding hydrogens is 265 g/mol. The van der Waals surface area contributed by atoms with Crippen LogP contribution in [-0.2, 0) is 9.59 Å². The van der Waals surface area contributed by atoms with Gasteiger partial charge in [-0.3, -0.25) is 14.5 Å². The first-order valence-corrected chi connectivity index (χ1v) is 6.12. The smallest absolute Gasteiger partial charge is 0.471 e. The van der Waals surface area contributed by atoms with Crippen LogP contribution in [0.1, 0.15) is 19.3 Å². The second-order valence-electron chi connectivity index (χ2n) is 4.97. The molecule has 1 aliphatic heterocycles. The summed E-state index contributed by atoms with van der Waals surface area (Å²) in [5.74, 6) is -2.77. The minimum Gasteiger partial charge on any atom is -0.480 e. The predicted molar refractivity (Wildman–Crippen MR) is 58.4 cm³/mol. The van der Waals surface area contributed by atoms with Gasteiger partial charge >= 0.3 is 18.1 Å². The third-order valence-electron chi connectivity index (χ3n) is 3.75. The number of carbonyl (C=O) groups excluding carboxylic acids is 1. The standard InChI is InChI=1S/C11H15F3N2O3/c12-11(13,14)8(17)15-4-1-5-16(7-6-15)10(2-3-10)9(18)19/h1-7H2,(H,18,19). The number of aliphatic carboxylic acids is 1. The molecule has 0 spiro atoms. The lowest BCUT2D eigenvalue weighted by Crippen LogP contribution is -2.47. The summed E-state index contributed by atoms with van der Waals surface area (Å²) in [6.07, 6.45) is -3.46. The van der Waals surface area contributed by atoms with Crippen molar-refractivity contribution in [3.8, 4) is 0 Å². The van der Waals surface area contributed by atoms with Crippen LogP contribution in [0.15, 0.2) is 0 Å². The van der Waals surface area contributed by atoms with Crippen LogP contribution >= 0.6 is 0 Å². The largest absolute Gasteiger partial charge is 0.480 e. The van der Waals surface area contributed by atoms with E-state index in [0.717, 1.165) is 4.90 Å². The van der Waals surface area contributed by atoms with Crippen molar-refractivity contribution < 1.29 is 27.9 Å². The van der Waals surface area contributed by atoms with E-state index in [4.69, 9.17) is 5.11 Å². The molecule has 0 bridgehead atoms. The number of carboxylic acid groups (broad SMARTS) is 1. The van der Waals surface area contributed by atoms with Crippen molar-refractivity contribution in [2.75, 3.05) is 26.2 Å². The Bertz CT molecular complexity index is 393. The number of nitrogens with zero attached hydrogens (tertiary/aromatic N) is 2. The number of hydrogen-bond donors (Lipinski definition) is 1. The first kappa shape index (κ1) is 14.1. The Morgan fingerprint density at radius 2 is 1.68 bits per heavy atom. The van der Waals surface area contributed by atoms with Gasteiger partial charge in [0.2, 0.25) is 0 Å². The summed E-state index contributed by atoms with van der Waals surface area (Å²) in [5, 5.41) is 9.15. The number of halogens is 3. The highest BCUT2D eigenvalue weighted by molar-refractivity contribution is 5.83. The third-order valence-corrected chi connectivity index (χ3v) is 3.75. The predicted octanol–water partition coefficient (Wildman–Crippen LogP) is 0.700.